The highest BCUT2D eigenvalue weighted by Gasteiger charge is 2.27. The molecule has 0 amide bonds. The Morgan fingerprint density at radius 2 is 2.00 bits per heavy atom. The van der Waals surface area contributed by atoms with Gasteiger partial charge in [0.05, 0.1) is 5.69 Å². The first-order valence-electron chi connectivity index (χ1n) is 5.95. The predicted octanol–water partition coefficient (Wildman–Crippen LogP) is 0.474. The molecule has 1 saturated heterocycles. The number of sulfonamides is 1. The van der Waals surface area contributed by atoms with Crippen LogP contribution in [0.1, 0.15) is 6.42 Å². The van der Waals surface area contributed by atoms with E-state index < -0.39 is 10.0 Å². The summed E-state index contributed by atoms with van der Waals surface area (Å²) >= 11 is 0. The van der Waals surface area contributed by atoms with E-state index in [0.717, 1.165) is 18.7 Å². The largest absolute Gasteiger partial charge is 0.369 e. The number of hydrogen-bond donors (Lipinski definition) is 1. The topological polar surface area (TPSA) is 66.6 Å². The maximum atomic E-state index is 12.3. The Kier molecular flexibility index (Phi) is 3.61. The third kappa shape index (κ3) is 2.36. The van der Waals surface area contributed by atoms with Gasteiger partial charge in [0, 0.05) is 33.2 Å². The van der Waals surface area contributed by atoms with Gasteiger partial charge >= 0.3 is 0 Å². The van der Waals surface area contributed by atoms with Gasteiger partial charge in [0.1, 0.15) is 4.90 Å². The number of para-hydroxylation sites is 1. The smallest absolute Gasteiger partial charge is 0.244 e. The third-order valence-corrected chi connectivity index (χ3v) is 5.05. The van der Waals surface area contributed by atoms with Crippen LogP contribution in [-0.4, -0.2) is 45.9 Å². The lowest BCUT2D eigenvalue weighted by Crippen LogP contribution is -2.29. The second-order valence-electron chi connectivity index (χ2n) is 4.75. The van der Waals surface area contributed by atoms with Crippen molar-refractivity contribution in [2.45, 2.75) is 17.4 Å². The number of benzene rings is 1. The maximum absolute atomic E-state index is 12.3. The monoisotopic (exact) mass is 269 g/mol. The molecule has 2 rings (SSSR count). The van der Waals surface area contributed by atoms with Crippen molar-refractivity contribution in [3.63, 3.8) is 0 Å². The highest BCUT2D eigenvalue weighted by atomic mass is 32.2. The summed E-state index contributed by atoms with van der Waals surface area (Å²) in [6.07, 6.45) is 0.899. The minimum absolute atomic E-state index is 0.125. The van der Waals surface area contributed by atoms with Gasteiger partial charge in [0.2, 0.25) is 10.0 Å². The van der Waals surface area contributed by atoms with E-state index in [9.17, 15) is 8.42 Å². The van der Waals surface area contributed by atoms with Crippen molar-refractivity contribution in [1.82, 2.24) is 4.31 Å². The van der Waals surface area contributed by atoms with Crippen molar-refractivity contribution in [3.8, 4) is 0 Å². The molecule has 6 heteroatoms. The molecule has 1 aromatic rings. The summed E-state index contributed by atoms with van der Waals surface area (Å²) in [6, 6.07) is 7.22. The fourth-order valence-electron chi connectivity index (χ4n) is 2.14. The molecule has 0 radical (unpaired) electrons. The van der Waals surface area contributed by atoms with Crippen LogP contribution in [0.15, 0.2) is 29.2 Å². The van der Waals surface area contributed by atoms with E-state index in [1.165, 1.54) is 4.31 Å². The number of anilines is 1. The normalized spacial score (nSPS) is 20.7. The Bertz CT molecular complexity index is 528. The van der Waals surface area contributed by atoms with E-state index in [2.05, 4.69) is 0 Å². The van der Waals surface area contributed by atoms with Crippen LogP contribution in [-0.2, 0) is 10.0 Å². The van der Waals surface area contributed by atoms with E-state index in [-0.39, 0.29) is 6.04 Å². The Balaban J connectivity index is 2.44. The molecular formula is C12H19N3O2S. The molecule has 1 fully saturated rings. The lowest BCUT2D eigenvalue weighted by Gasteiger charge is -2.23. The Morgan fingerprint density at radius 1 is 1.33 bits per heavy atom. The van der Waals surface area contributed by atoms with Crippen molar-refractivity contribution >= 4 is 15.7 Å². The van der Waals surface area contributed by atoms with Crippen LogP contribution in [0, 0.1) is 0 Å². The molecular weight excluding hydrogens is 250 g/mol. The quantitative estimate of drug-likeness (QED) is 0.866. The van der Waals surface area contributed by atoms with Crippen LogP contribution < -0.4 is 10.6 Å². The molecule has 0 spiro atoms. The first kappa shape index (κ1) is 13.3. The first-order chi connectivity index (χ1) is 8.43. The lowest BCUT2D eigenvalue weighted by atomic mass is 10.3. The Labute approximate surface area is 108 Å². The second-order valence-corrected chi connectivity index (χ2v) is 6.87. The molecule has 0 bridgehead atoms. The number of rotatable bonds is 3. The fraction of sp³-hybridized carbons (Fsp3) is 0.500. The zero-order valence-electron chi connectivity index (χ0n) is 10.7. The van der Waals surface area contributed by atoms with Gasteiger partial charge in [0.25, 0.3) is 0 Å². The molecule has 1 heterocycles. The predicted molar refractivity (Wildman–Crippen MR) is 72.1 cm³/mol. The summed E-state index contributed by atoms with van der Waals surface area (Å²) < 4.78 is 25.8. The van der Waals surface area contributed by atoms with Gasteiger partial charge in [-0.2, -0.15) is 0 Å². The van der Waals surface area contributed by atoms with Gasteiger partial charge < -0.3 is 10.6 Å². The van der Waals surface area contributed by atoms with Crippen molar-refractivity contribution in [2.24, 2.45) is 5.73 Å². The molecule has 5 nitrogen and oxygen atoms in total. The number of nitrogens with zero attached hydrogens (tertiary/aromatic N) is 2. The highest BCUT2D eigenvalue weighted by molar-refractivity contribution is 7.89. The number of hydrogen-bond acceptors (Lipinski definition) is 4. The Morgan fingerprint density at radius 3 is 2.56 bits per heavy atom. The van der Waals surface area contributed by atoms with Gasteiger partial charge in [-0.25, -0.2) is 12.7 Å². The van der Waals surface area contributed by atoms with Crippen LogP contribution in [0.2, 0.25) is 0 Å². The zero-order chi connectivity index (χ0) is 13.3. The SMILES string of the molecule is CN(C)S(=O)(=O)c1ccccc1N1CCC(N)C1. The standard InChI is InChI=1S/C12H19N3O2S/c1-14(2)18(16,17)12-6-4-3-5-11(12)15-8-7-10(13)9-15/h3-6,10H,7-9,13H2,1-2H3. The van der Waals surface area contributed by atoms with Crippen molar-refractivity contribution in [2.75, 3.05) is 32.1 Å². The summed E-state index contributed by atoms with van der Waals surface area (Å²) in [5, 5.41) is 0. The fourth-order valence-corrected chi connectivity index (χ4v) is 3.24. The van der Waals surface area contributed by atoms with E-state index in [4.69, 9.17) is 5.73 Å². The average Bonchev–Trinajstić information content (AvgIpc) is 2.75. The molecule has 1 aliphatic heterocycles. The molecule has 100 valence electrons. The van der Waals surface area contributed by atoms with E-state index in [0.29, 0.717) is 11.4 Å². The molecule has 1 atom stereocenters. The molecule has 0 saturated carbocycles. The summed E-state index contributed by atoms with van der Waals surface area (Å²) in [5.74, 6) is 0. The van der Waals surface area contributed by atoms with E-state index in [1.54, 1.807) is 26.2 Å². The molecule has 1 aromatic carbocycles. The van der Waals surface area contributed by atoms with Gasteiger partial charge in [0.15, 0.2) is 0 Å². The second kappa shape index (κ2) is 4.87. The summed E-state index contributed by atoms with van der Waals surface area (Å²) in [4.78, 5) is 2.39. The van der Waals surface area contributed by atoms with Gasteiger partial charge in [-0.05, 0) is 18.6 Å². The summed E-state index contributed by atoms with van der Waals surface area (Å²) in [6.45, 7) is 1.51. The Hall–Kier alpha value is -1.11. The lowest BCUT2D eigenvalue weighted by molar-refractivity contribution is 0.520. The minimum Gasteiger partial charge on any atom is -0.369 e. The molecule has 2 N–H and O–H groups in total. The van der Waals surface area contributed by atoms with E-state index >= 15 is 0 Å². The van der Waals surface area contributed by atoms with Crippen LogP contribution in [0.4, 0.5) is 5.69 Å². The maximum Gasteiger partial charge on any atom is 0.244 e. The van der Waals surface area contributed by atoms with Crippen molar-refractivity contribution < 1.29 is 8.42 Å². The molecule has 18 heavy (non-hydrogen) atoms. The molecule has 0 aliphatic carbocycles. The molecule has 0 aromatic heterocycles. The minimum atomic E-state index is -3.41. The zero-order valence-corrected chi connectivity index (χ0v) is 11.5. The molecule has 1 aliphatic rings. The van der Waals surface area contributed by atoms with Gasteiger partial charge in [-0.3, -0.25) is 0 Å². The summed E-state index contributed by atoms with van der Waals surface area (Å²) in [5.41, 5.74) is 6.63. The first-order valence-corrected chi connectivity index (χ1v) is 7.39. The third-order valence-electron chi connectivity index (χ3n) is 3.19. The average molecular weight is 269 g/mol. The van der Waals surface area contributed by atoms with E-state index in [1.807, 2.05) is 17.0 Å². The van der Waals surface area contributed by atoms with Gasteiger partial charge in [-0.15, -0.1) is 0 Å². The van der Waals surface area contributed by atoms with Crippen LogP contribution in [0.3, 0.4) is 0 Å². The highest BCUT2D eigenvalue weighted by Crippen LogP contribution is 2.29. The van der Waals surface area contributed by atoms with Crippen LogP contribution >= 0.6 is 0 Å². The van der Waals surface area contributed by atoms with Crippen LogP contribution in [0.25, 0.3) is 0 Å². The molecule has 1 unspecified atom stereocenters. The van der Waals surface area contributed by atoms with Crippen LogP contribution in [0.5, 0.6) is 0 Å². The van der Waals surface area contributed by atoms with Gasteiger partial charge in [-0.1, -0.05) is 12.1 Å². The number of nitrogens with two attached hydrogens (primary N) is 1. The van der Waals surface area contributed by atoms with Crippen molar-refractivity contribution in [1.29, 1.82) is 0 Å². The van der Waals surface area contributed by atoms with Crippen molar-refractivity contribution in [3.05, 3.63) is 24.3 Å². The summed E-state index contributed by atoms with van der Waals surface area (Å²) in [7, 11) is -0.325.